The van der Waals surface area contributed by atoms with Gasteiger partial charge in [0, 0.05) is 24.5 Å². The maximum atomic E-state index is 13.0. The number of aromatic nitrogens is 1. The Hall–Kier alpha value is -2.63. The highest BCUT2D eigenvalue weighted by atomic mass is 19.2. The van der Waals surface area contributed by atoms with Crippen LogP contribution in [0.5, 0.6) is 0 Å². The predicted molar refractivity (Wildman–Crippen MR) is 66.8 cm³/mol. The molecule has 1 heterocycles. The Morgan fingerprint density at radius 2 is 1.95 bits per heavy atom. The predicted octanol–water partition coefficient (Wildman–Crippen LogP) is 1.86. The minimum absolute atomic E-state index is 0.127. The Balaban J connectivity index is 2.02. The third-order valence-electron chi connectivity index (χ3n) is 2.56. The third-order valence-corrected chi connectivity index (χ3v) is 2.56. The first-order valence-electron chi connectivity index (χ1n) is 5.74. The number of amides is 1. The average molecular weight is 276 g/mol. The highest BCUT2D eigenvalue weighted by Crippen LogP contribution is 2.09. The number of halogens is 2. The van der Waals surface area contributed by atoms with Crippen LogP contribution in [0.4, 0.5) is 8.78 Å². The van der Waals surface area contributed by atoms with Gasteiger partial charge in [0.05, 0.1) is 0 Å². The lowest BCUT2D eigenvalue weighted by molar-refractivity contribution is -0.117. The number of hydrogen-bond donors (Lipinski definition) is 1. The fraction of sp³-hybridized carbons (Fsp3) is 0.0714. The second-order valence-corrected chi connectivity index (χ2v) is 4.00. The van der Waals surface area contributed by atoms with Gasteiger partial charge in [0.15, 0.2) is 11.6 Å². The van der Waals surface area contributed by atoms with E-state index in [2.05, 4.69) is 10.3 Å². The highest BCUT2D eigenvalue weighted by molar-refractivity contribution is 6.42. The standard InChI is InChI=1S/C14H10F2N2O2/c15-11-4-3-10(6-12(11)16)13(19)14(20)18-8-9-2-1-5-17-7-9/h1-7H,8H2,(H,18,20). The second-order valence-electron chi connectivity index (χ2n) is 4.00. The maximum Gasteiger partial charge on any atom is 0.292 e. The van der Waals surface area contributed by atoms with Crippen LogP contribution in [0.2, 0.25) is 0 Å². The van der Waals surface area contributed by atoms with Crippen LogP contribution in [-0.4, -0.2) is 16.7 Å². The van der Waals surface area contributed by atoms with Crippen molar-refractivity contribution in [2.45, 2.75) is 6.54 Å². The minimum Gasteiger partial charge on any atom is -0.345 e. The zero-order valence-corrected chi connectivity index (χ0v) is 10.3. The molecular formula is C14H10F2N2O2. The molecule has 1 amide bonds. The van der Waals surface area contributed by atoms with E-state index in [4.69, 9.17) is 0 Å². The van der Waals surface area contributed by atoms with E-state index in [1.54, 1.807) is 24.5 Å². The normalized spacial score (nSPS) is 10.1. The lowest BCUT2D eigenvalue weighted by atomic mass is 10.1. The van der Waals surface area contributed by atoms with Crippen molar-refractivity contribution in [1.82, 2.24) is 10.3 Å². The molecule has 102 valence electrons. The van der Waals surface area contributed by atoms with E-state index in [9.17, 15) is 18.4 Å². The molecule has 0 saturated carbocycles. The number of carbonyl (C=O) groups is 2. The van der Waals surface area contributed by atoms with E-state index in [0.717, 1.165) is 17.7 Å². The van der Waals surface area contributed by atoms with Gasteiger partial charge >= 0.3 is 0 Å². The summed E-state index contributed by atoms with van der Waals surface area (Å²) in [6, 6.07) is 5.98. The van der Waals surface area contributed by atoms with E-state index < -0.39 is 23.3 Å². The highest BCUT2D eigenvalue weighted by Gasteiger charge is 2.17. The van der Waals surface area contributed by atoms with Crippen molar-refractivity contribution in [1.29, 1.82) is 0 Å². The van der Waals surface area contributed by atoms with Crippen LogP contribution in [-0.2, 0) is 11.3 Å². The van der Waals surface area contributed by atoms with Crippen LogP contribution in [0, 0.1) is 11.6 Å². The number of nitrogens with zero attached hydrogens (tertiary/aromatic N) is 1. The van der Waals surface area contributed by atoms with Crippen molar-refractivity contribution in [2.75, 3.05) is 0 Å². The quantitative estimate of drug-likeness (QED) is 0.685. The lowest BCUT2D eigenvalue weighted by Crippen LogP contribution is -2.30. The molecule has 0 fully saturated rings. The summed E-state index contributed by atoms with van der Waals surface area (Å²) in [6.45, 7) is 0.127. The van der Waals surface area contributed by atoms with Crippen LogP contribution in [0.15, 0.2) is 42.7 Å². The number of ketones is 1. The van der Waals surface area contributed by atoms with Gasteiger partial charge in [-0.25, -0.2) is 8.78 Å². The van der Waals surface area contributed by atoms with Gasteiger partial charge in [0.1, 0.15) is 0 Å². The van der Waals surface area contributed by atoms with Crippen molar-refractivity contribution in [3.05, 3.63) is 65.5 Å². The first-order chi connectivity index (χ1) is 9.58. The summed E-state index contributed by atoms with van der Waals surface area (Å²) < 4.78 is 25.7. The number of hydrogen-bond acceptors (Lipinski definition) is 3. The summed E-state index contributed by atoms with van der Waals surface area (Å²) in [5.74, 6) is -4.05. The third kappa shape index (κ3) is 3.23. The molecule has 0 saturated heterocycles. The van der Waals surface area contributed by atoms with Gasteiger partial charge in [-0.05, 0) is 29.8 Å². The Kier molecular flexibility index (Phi) is 4.14. The maximum absolute atomic E-state index is 13.0. The molecular weight excluding hydrogens is 266 g/mol. The Labute approximate surface area is 113 Å². The topological polar surface area (TPSA) is 59.1 Å². The Morgan fingerprint density at radius 3 is 2.60 bits per heavy atom. The minimum atomic E-state index is -1.17. The molecule has 4 nitrogen and oxygen atoms in total. The van der Waals surface area contributed by atoms with Gasteiger partial charge in [0.25, 0.3) is 5.91 Å². The van der Waals surface area contributed by atoms with Crippen molar-refractivity contribution in [3.63, 3.8) is 0 Å². The van der Waals surface area contributed by atoms with Crippen molar-refractivity contribution in [3.8, 4) is 0 Å². The van der Waals surface area contributed by atoms with E-state index >= 15 is 0 Å². The Morgan fingerprint density at radius 1 is 1.15 bits per heavy atom. The number of carbonyl (C=O) groups excluding carboxylic acids is 2. The molecule has 1 aromatic heterocycles. The Bertz CT molecular complexity index is 645. The number of benzene rings is 1. The molecule has 1 N–H and O–H groups in total. The molecule has 0 unspecified atom stereocenters. The number of rotatable bonds is 4. The molecule has 0 aliphatic rings. The molecule has 20 heavy (non-hydrogen) atoms. The zero-order valence-electron chi connectivity index (χ0n) is 10.3. The largest absolute Gasteiger partial charge is 0.345 e. The fourth-order valence-corrected chi connectivity index (χ4v) is 1.53. The van der Waals surface area contributed by atoms with Crippen LogP contribution >= 0.6 is 0 Å². The van der Waals surface area contributed by atoms with Gasteiger partial charge in [0.2, 0.25) is 5.78 Å². The number of pyridine rings is 1. The number of nitrogens with one attached hydrogen (secondary N) is 1. The summed E-state index contributed by atoms with van der Waals surface area (Å²) in [7, 11) is 0. The van der Waals surface area contributed by atoms with Crippen molar-refractivity contribution < 1.29 is 18.4 Å². The molecule has 6 heteroatoms. The van der Waals surface area contributed by atoms with E-state index in [1.165, 1.54) is 0 Å². The first kappa shape index (κ1) is 13.8. The van der Waals surface area contributed by atoms with E-state index in [1.807, 2.05) is 0 Å². The molecule has 0 aliphatic carbocycles. The molecule has 0 spiro atoms. The van der Waals surface area contributed by atoms with Gasteiger partial charge in [-0.2, -0.15) is 0 Å². The zero-order chi connectivity index (χ0) is 14.5. The van der Waals surface area contributed by atoms with Crippen LogP contribution < -0.4 is 5.32 Å². The van der Waals surface area contributed by atoms with E-state index in [0.29, 0.717) is 6.07 Å². The smallest absolute Gasteiger partial charge is 0.292 e. The van der Waals surface area contributed by atoms with Crippen molar-refractivity contribution >= 4 is 11.7 Å². The molecule has 0 atom stereocenters. The molecule has 0 aliphatic heterocycles. The molecule has 2 aromatic rings. The molecule has 2 rings (SSSR count). The molecule has 1 aromatic carbocycles. The number of Topliss-reactive ketones (excluding diaryl/α,β-unsaturated/α-hetero) is 1. The first-order valence-corrected chi connectivity index (χ1v) is 5.74. The van der Waals surface area contributed by atoms with E-state index in [-0.39, 0.29) is 12.1 Å². The summed E-state index contributed by atoms with van der Waals surface area (Å²) >= 11 is 0. The van der Waals surface area contributed by atoms with Crippen LogP contribution in [0.3, 0.4) is 0 Å². The lowest BCUT2D eigenvalue weighted by Gasteiger charge is -2.04. The SMILES string of the molecule is O=C(NCc1cccnc1)C(=O)c1ccc(F)c(F)c1. The molecule has 0 radical (unpaired) electrons. The van der Waals surface area contributed by atoms with Crippen LogP contribution in [0.25, 0.3) is 0 Å². The summed E-state index contributed by atoms with van der Waals surface area (Å²) in [5, 5.41) is 2.39. The van der Waals surface area contributed by atoms with Gasteiger partial charge < -0.3 is 5.32 Å². The van der Waals surface area contributed by atoms with Crippen molar-refractivity contribution in [2.24, 2.45) is 0 Å². The fourth-order valence-electron chi connectivity index (χ4n) is 1.53. The monoisotopic (exact) mass is 276 g/mol. The summed E-state index contributed by atoms with van der Waals surface area (Å²) in [6.07, 6.45) is 3.13. The molecule has 0 bridgehead atoms. The van der Waals surface area contributed by atoms with Crippen LogP contribution in [0.1, 0.15) is 15.9 Å². The average Bonchev–Trinajstić information content (AvgIpc) is 2.48. The van der Waals surface area contributed by atoms with Gasteiger partial charge in [-0.1, -0.05) is 6.07 Å². The summed E-state index contributed by atoms with van der Waals surface area (Å²) in [4.78, 5) is 27.2. The summed E-state index contributed by atoms with van der Waals surface area (Å²) in [5.41, 5.74) is 0.520. The van der Waals surface area contributed by atoms with Gasteiger partial charge in [-0.15, -0.1) is 0 Å². The second kappa shape index (κ2) is 6.01. The van der Waals surface area contributed by atoms with Gasteiger partial charge in [-0.3, -0.25) is 14.6 Å².